The molecule has 0 unspecified atom stereocenters. The van der Waals surface area contributed by atoms with Crippen molar-refractivity contribution in [1.29, 1.82) is 0 Å². The van der Waals surface area contributed by atoms with Gasteiger partial charge >= 0.3 is 0 Å². The van der Waals surface area contributed by atoms with Gasteiger partial charge in [0, 0.05) is 6.54 Å². The van der Waals surface area contributed by atoms with Crippen LogP contribution in [0.25, 0.3) is 0 Å². The molecule has 0 spiro atoms. The Bertz CT molecular complexity index is 558. The summed E-state index contributed by atoms with van der Waals surface area (Å²) in [4.78, 5) is 15.9. The van der Waals surface area contributed by atoms with Crippen LogP contribution in [-0.4, -0.2) is 25.8 Å². The van der Waals surface area contributed by atoms with E-state index in [4.69, 9.17) is 10.3 Å². The van der Waals surface area contributed by atoms with Crippen LogP contribution in [0.1, 0.15) is 29.1 Å². The summed E-state index contributed by atoms with van der Waals surface area (Å²) in [5.74, 6) is 0.557. The van der Waals surface area contributed by atoms with Crippen molar-refractivity contribution in [2.45, 2.75) is 26.9 Å². The number of aromatic nitrogens is 4. The van der Waals surface area contributed by atoms with Gasteiger partial charge in [-0.3, -0.25) is 9.48 Å². The average molecular weight is 250 g/mol. The van der Waals surface area contributed by atoms with Crippen LogP contribution in [0.4, 0.5) is 5.69 Å². The molecular weight excluding hydrogens is 236 g/mol. The van der Waals surface area contributed by atoms with Crippen molar-refractivity contribution in [3.8, 4) is 0 Å². The lowest BCUT2D eigenvalue weighted by molar-refractivity contribution is 0.0936. The van der Waals surface area contributed by atoms with Crippen LogP contribution < -0.4 is 11.1 Å². The van der Waals surface area contributed by atoms with Gasteiger partial charge in [0.25, 0.3) is 5.91 Å². The Labute approximate surface area is 103 Å². The standard InChI is InChI=1S/C10H14N6O2/c1-3-16-9(7(11)4-13-16)10(17)12-5-8-14-6(2)15-18-8/h4H,3,5,11H2,1-2H3,(H,12,17). The first kappa shape index (κ1) is 12.1. The molecule has 3 N–H and O–H groups in total. The number of carbonyl (C=O) groups is 1. The second-order valence-electron chi connectivity index (χ2n) is 3.68. The van der Waals surface area contributed by atoms with Gasteiger partial charge in [-0.05, 0) is 13.8 Å². The number of aryl methyl sites for hydroxylation is 2. The third kappa shape index (κ3) is 2.31. The number of hydrogen-bond donors (Lipinski definition) is 2. The van der Waals surface area contributed by atoms with Gasteiger partial charge in [-0.25, -0.2) is 0 Å². The topological polar surface area (TPSA) is 112 Å². The predicted molar refractivity (Wildman–Crippen MR) is 62.5 cm³/mol. The highest BCUT2D eigenvalue weighted by Crippen LogP contribution is 2.10. The number of amides is 1. The molecule has 8 heteroatoms. The maximum absolute atomic E-state index is 11.9. The third-order valence-corrected chi connectivity index (χ3v) is 2.35. The lowest BCUT2D eigenvalue weighted by atomic mass is 10.3. The minimum atomic E-state index is -0.317. The van der Waals surface area contributed by atoms with E-state index < -0.39 is 0 Å². The highest BCUT2D eigenvalue weighted by atomic mass is 16.5. The lowest BCUT2D eigenvalue weighted by Gasteiger charge is -2.05. The molecule has 8 nitrogen and oxygen atoms in total. The van der Waals surface area contributed by atoms with Crippen molar-refractivity contribution in [2.75, 3.05) is 5.73 Å². The van der Waals surface area contributed by atoms with Crippen LogP contribution in [-0.2, 0) is 13.1 Å². The zero-order valence-corrected chi connectivity index (χ0v) is 10.2. The van der Waals surface area contributed by atoms with Crippen molar-refractivity contribution < 1.29 is 9.32 Å². The Morgan fingerprint density at radius 2 is 2.39 bits per heavy atom. The molecule has 2 aromatic rings. The number of nitrogens with one attached hydrogen (secondary N) is 1. The van der Waals surface area contributed by atoms with Gasteiger partial charge in [0.15, 0.2) is 5.82 Å². The first-order valence-electron chi connectivity index (χ1n) is 5.50. The molecule has 0 fully saturated rings. The van der Waals surface area contributed by atoms with Crippen molar-refractivity contribution in [3.05, 3.63) is 23.6 Å². The molecule has 0 aliphatic carbocycles. The third-order valence-electron chi connectivity index (χ3n) is 2.35. The van der Waals surface area contributed by atoms with Crippen LogP contribution in [0, 0.1) is 6.92 Å². The summed E-state index contributed by atoms with van der Waals surface area (Å²) in [5, 5.41) is 10.3. The fourth-order valence-corrected chi connectivity index (χ4v) is 1.54. The highest BCUT2D eigenvalue weighted by Gasteiger charge is 2.16. The smallest absolute Gasteiger partial charge is 0.272 e. The summed E-state index contributed by atoms with van der Waals surface area (Å²) in [6.45, 7) is 4.32. The second-order valence-corrected chi connectivity index (χ2v) is 3.68. The van der Waals surface area contributed by atoms with Gasteiger partial charge in [0.1, 0.15) is 5.69 Å². The first-order chi connectivity index (χ1) is 8.61. The SMILES string of the molecule is CCn1ncc(N)c1C(=O)NCc1nc(C)no1. The van der Waals surface area contributed by atoms with Crippen molar-refractivity contribution in [3.63, 3.8) is 0 Å². The molecule has 0 saturated carbocycles. The van der Waals surface area contributed by atoms with E-state index in [0.29, 0.717) is 29.6 Å². The van der Waals surface area contributed by atoms with E-state index in [1.165, 1.54) is 10.9 Å². The van der Waals surface area contributed by atoms with Gasteiger partial charge in [-0.15, -0.1) is 0 Å². The largest absolute Gasteiger partial charge is 0.396 e. The fourth-order valence-electron chi connectivity index (χ4n) is 1.54. The zero-order chi connectivity index (χ0) is 13.1. The van der Waals surface area contributed by atoms with Crippen LogP contribution >= 0.6 is 0 Å². The molecule has 0 aromatic carbocycles. The van der Waals surface area contributed by atoms with E-state index in [1.54, 1.807) is 6.92 Å². The maximum Gasteiger partial charge on any atom is 0.272 e. The van der Waals surface area contributed by atoms with Crippen LogP contribution in [0.5, 0.6) is 0 Å². The van der Waals surface area contributed by atoms with E-state index in [0.717, 1.165) is 0 Å². The van der Waals surface area contributed by atoms with Crippen molar-refractivity contribution in [1.82, 2.24) is 25.2 Å². The van der Waals surface area contributed by atoms with E-state index >= 15 is 0 Å². The predicted octanol–water partition coefficient (Wildman–Crippen LogP) is 0.107. The molecule has 0 aliphatic rings. The molecule has 2 heterocycles. The van der Waals surface area contributed by atoms with E-state index in [-0.39, 0.29) is 12.5 Å². The Balaban J connectivity index is 2.05. The highest BCUT2D eigenvalue weighted by molar-refractivity contribution is 5.97. The number of nitrogen functional groups attached to an aromatic ring is 1. The quantitative estimate of drug-likeness (QED) is 0.796. The number of nitrogens with two attached hydrogens (primary N) is 1. The molecule has 1 amide bonds. The number of hydrogen-bond acceptors (Lipinski definition) is 6. The zero-order valence-electron chi connectivity index (χ0n) is 10.2. The van der Waals surface area contributed by atoms with Gasteiger partial charge in [0.05, 0.1) is 18.4 Å². The summed E-state index contributed by atoms with van der Waals surface area (Å²) >= 11 is 0. The van der Waals surface area contributed by atoms with Crippen molar-refractivity contribution in [2.24, 2.45) is 0 Å². The number of anilines is 1. The van der Waals surface area contributed by atoms with Crippen LogP contribution in [0.3, 0.4) is 0 Å². The average Bonchev–Trinajstić information content (AvgIpc) is 2.92. The molecular formula is C10H14N6O2. The molecule has 0 atom stereocenters. The molecule has 0 radical (unpaired) electrons. The van der Waals surface area contributed by atoms with Crippen LogP contribution in [0.15, 0.2) is 10.7 Å². The normalized spacial score (nSPS) is 10.6. The summed E-state index contributed by atoms with van der Waals surface area (Å²) in [6.07, 6.45) is 1.45. The summed E-state index contributed by atoms with van der Waals surface area (Å²) < 4.78 is 6.42. The van der Waals surface area contributed by atoms with Crippen molar-refractivity contribution >= 4 is 11.6 Å². The number of carbonyl (C=O) groups excluding carboxylic acids is 1. The molecule has 2 aromatic heterocycles. The van der Waals surface area contributed by atoms with E-state index in [9.17, 15) is 4.79 Å². The Morgan fingerprint density at radius 3 is 3.00 bits per heavy atom. The fraction of sp³-hybridized carbons (Fsp3) is 0.400. The van der Waals surface area contributed by atoms with E-state index in [1.807, 2.05) is 6.92 Å². The summed E-state index contributed by atoms with van der Waals surface area (Å²) in [5.41, 5.74) is 6.38. The Morgan fingerprint density at radius 1 is 1.61 bits per heavy atom. The molecule has 0 aliphatic heterocycles. The monoisotopic (exact) mass is 250 g/mol. The first-order valence-corrected chi connectivity index (χ1v) is 5.50. The number of rotatable bonds is 4. The van der Waals surface area contributed by atoms with E-state index in [2.05, 4.69) is 20.6 Å². The maximum atomic E-state index is 11.9. The second kappa shape index (κ2) is 4.86. The van der Waals surface area contributed by atoms with Gasteiger partial charge < -0.3 is 15.6 Å². The molecule has 2 rings (SSSR count). The molecule has 0 saturated heterocycles. The lowest BCUT2D eigenvalue weighted by Crippen LogP contribution is -2.26. The van der Waals surface area contributed by atoms with Crippen LogP contribution in [0.2, 0.25) is 0 Å². The van der Waals surface area contributed by atoms with Gasteiger partial charge in [-0.2, -0.15) is 10.1 Å². The minimum Gasteiger partial charge on any atom is -0.396 e. The molecule has 0 bridgehead atoms. The molecule has 18 heavy (non-hydrogen) atoms. The Hall–Kier alpha value is -2.38. The number of nitrogens with zero attached hydrogens (tertiary/aromatic N) is 4. The van der Waals surface area contributed by atoms with Gasteiger partial charge in [-0.1, -0.05) is 5.16 Å². The minimum absolute atomic E-state index is 0.161. The summed E-state index contributed by atoms with van der Waals surface area (Å²) in [6, 6.07) is 0. The summed E-state index contributed by atoms with van der Waals surface area (Å²) in [7, 11) is 0. The van der Waals surface area contributed by atoms with Gasteiger partial charge in [0.2, 0.25) is 5.89 Å². The molecule has 96 valence electrons. The Kier molecular flexibility index (Phi) is 3.26.